The van der Waals surface area contributed by atoms with Crippen LogP contribution in [-0.4, -0.2) is 48.9 Å². The van der Waals surface area contributed by atoms with Crippen molar-refractivity contribution in [2.75, 3.05) is 31.1 Å². The summed E-state index contributed by atoms with van der Waals surface area (Å²) < 4.78 is 32.6. The van der Waals surface area contributed by atoms with Crippen molar-refractivity contribution in [1.29, 1.82) is 0 Å². The van der Waals surface area contributed by atoms with Gasteiger partial charge in [0.2, 0.25) is 11.8 Å². The van der Waals surface area contributed by atoms with Crippen LogP contribution in [0.25, 0.3) is 0 Å². The highest BCUT2D eigenvalue weighted by Crippen LogP contribution is 2.26. The minimum Gasteiger partial charge on any atom is -0.457 e. The highest BCUT2D eigenvalue weighted by molar-refractivity contribution is 5.86. The molecule has 1 aliphatic rings. The molecule has 1 aliphatic heterocycles. The number of benzene rings is 3. The molecular formula is C28H30F2N4O3. The van der Waals surface area contributed by atoms with Crippen molar-refractivity contribution in [1.82, 2.24) is 10.2 Å². The van der Waals surface area contributed by atoms with E-state index in [4.69, 9.17) is 10.5 Å². The number of nitrogens with zero attached hydrogens (tertiary/aromatic N) is 2. The lowest BCUT2D eigenvalue weighted by atomic mass is 10.1. The van der Waals surface area contributed by atoms with Gasteiger partial charge >= 0.3 is 0 Å². The summed E-state index contributed by atoms with van der Waals surface area (Å²) in [5.74, 6) is 0.155. The van der Waals surface area contributed by atoms with Gasteiger partial charge in [-0.2, -0.15) is 0 Å². The lowest BCUT2D eigenvalue weighted by Crippen LogP contribution is -2.44. The van der Waals surface area contributed by atoms with Gasteiger partial charge in [-0.3, -0.25) is 9.59 Å². The van der Waals surface area contributed by atoms with Crippen LogP contribution in [0.3, 0.4) is 0 Å². The molecule has 0 aliphatic carbocycles. The van der Waals surface area contributed by atoms with E-state index in [2.05, 4.69) is 5.32 Å². The molecule has 0 saturated carbocycles. The summed E-state index contributed by atoms with van der Waals surface area (Å²) in [4.78, 5) is 29.2. The van der Waals surface area contributed by atoms with Gasteiger partial charge in [0.25, 0.3) is 0 Å². The zero-order chi connectivity index (χ0) is 26.2. The van der Waals surface area contributed by atoms with E-state index in [1.54, 1.807) is 34.1 Å². The molecule has 4 rings (SSSR count). The highest BCUT2D eigenvalue weighted by Gasteiger charge is 2.26. The normalized spacial score (nSPS) is 14.9. The molecule has 3 N–H and O–H groups in total. The number of carbonyl (C=O) groups is 2. The van der Waals surface area contributed by atoms with Crippen molar-refractivity contribution in [2.24, 2.45) is 5.73 Å². The summed E-state index contributed by atoms with van der Waals surface area (Å²) in [5, 5.41) is 2.74. The van der Waals surface area contributed by atoms with Gasteiger partial charge in [-0.25, -0.2) is 8.78 Å². The van der Waals surface area contributed by atoms with Gasteiger partial charge in [0.15, 0.2) is 0 Å². The fourth-order valence-electron chi connectivity index (χ4n) is 4.21. The van der Waals surface area contributed by atoms with Gasteiger partial charge in [0.05, 0.1) is 13.1 Å². The third-order valence-electron chi connectivity index (χ3n) is 6.06. The maximum Gasteiger partial charge on any atom is 0.242 e. The number of carbonyl (C=O) groups excluding carboxylic acids is 2. The van der Waals surface area contributed by atoms with E-state index in [1.807, 2.05) is 30.3 Å². The molecule has 1 saturated heterocycles. The van der Waals surface area contributed by atoms with Crippen molar-refractivity contribution < 1.29 is 23.1 Å². The Kier molecular flexibility index (Phi) is 8.68. The van der Waals surface area contributed by atoms with E-state index in [1.165, 1.54) is 12.1 Å². The molecule has 1 heterocycles. The topological polar surface area (TPSA) is 87.9 Å². The first kappa shape index (κ1) is 26.1. The maximum atomic E-state index is 13.7. The number of hydrogen-bond acceptors (Lipinski definition) is 5. The number of anilines is 1. The summed E-state index contributed by atoms with van der Waals surface area (Å²) in [5.41, 5.74) is 7.25. The Morgan fingerprint density at radius 1 is 1.00 bits per heavy atom. The summed E-state index contributed by atoms with van der Waals surface area (Å²) in [7, 11) is 0. The molecule has 0 bridgehead atoms. The van der Waals surface area contributed by atoms with Crippen molar-refractivity contribution in [3.8, 4) is 11.5 Å². The third-order valence-corrected chi connectivity index (χ3v) is 6.06. The van der Waals surface area contributed by atoms with E-state index in [0.29, 0.717) is 35.8 Å². The Hall–Kier alpha value is -3.98. The Balaban J connectivity index is 1.48. The van der Waals surface area contributed by atoms with Gasteiger partial charge < -0.3 is 25.6 Å². The van der Waals surface area contributed by atoms with Crippen molar-refractivity contribution in [3.05, 3.63) is 89.7 Å². The lowest BCUT2D eigenvalue weighted by molar-refractivity contribution is -0.128. The van der Waals surface area contributed by atoms with Crippen molar-refractivity contribution in [2.45, 2.75) is 25.7 Å². The number of para-hydroxylation sites is 1. The molecule has 0 spiro atoms. The molecule has 0 aromatic heterocycles. The standard InChI is InChI=1S/C28H30F2N4O3/c29-15-20-11-21(13-22(30)12-20)16-32-27(35)18-34(19-28(36)33-10-9-23(31)17-33)24-5-4-8-26(14-24)37-25-6-2-1-3-7-25/h1-8,11-14,23H,9-10,15-19,31H2,(H,32,35). The molecule has 1 fully saturated rings. The summed E-state index contributed by atoms with van der Waals surface area (Å²) in [6.07, 6.45) is 0.737. The predicted molar refractivity (Wildman–Crippen MR) is 137 cm³/mol. The molecule has 1 atom stereocenters. The highest BCUT2D eigenvalue weighted by atomic mass is 19.1. The van der Waals surface area contributed by atoms with Crippen LogP contribution < -0.4 is 20.7 Å². The second-order valence-electron chi connectivity index (χ2n) is 9.04. The van der Waals surface area contributed by atoms with Crippen LogP contribution in [0.1, 0.15) is 17.5 Å². The summed E-state index contributed by atoms with van der Waals surface area (Å²) in [6, 6.07) is 20.3. The minimum absolute atomic E-state index is 0.0269. The maximum absolute atomic E-state index is 13.7. The summed E-state index contributed by atoms with van der Waals surface area (Å²) >= 11 is 0. The molecule has 194 valence electrons. The monoisotopic (exact) mass is 508 g/mol. The van der Waals surface area contributed by atoms with E-state index < -0.39 is 12.5 Å². The van der Waals surface area contributed by atoms with Crippen LogP contribution >= 0.6 is 0 Å². The number of nitrogens with two attached hydrogens (primary N) is 1. The quantitative estimate of drug-likeness (QED) is 0.435. The number of ether oxygens (including phenoxy) is 1. The zero-order valence-electron chi connectivity index (χ0n) is 20.4. The Morgan fingerprint density at radius 3 is 2.49 bits per heavy atom. The van der Waals surface area contributed by atoms with Crippen LogP contribution in [0.2, 0.25) is 0 Å². The number of rotatable bonds is 10. The Morgan fingerprint density at radius 2 is 1.76 bits per heavy atom. The van der Waals surface area contributed by atoms with Crippen LogP contribution in [0.5, 0.6) is 11.5 Å². The van der Waals surface area contributed by atoms with Crippen molar-refractivity contribution in [3.63, 3.8) is 0 Å². The average Bonchev–Trinajstić information content (AvgIpc) is 3.34. The molecule has 2 amide bonds. The molecule has 9 heteroatoms. The number of likely N-dealkylation sites (tertiary alicyclic amines) is 1. The number of halogens is 2. The van der Waals surface area contributed by atoms with Crippen LogP contribution in [0.4, 0.5) is 14.5 Å². The zero-order valence-corrected chi connectivity index (χ0v) is 20.4. The van der Waals surface area contributed by atoms with E-state index in [-0.39, 0.29) is 43.1 Å². The van der Waals surface area contributed by atoms with E-state index in [9.17, 15) is 18.4 Å². The molecule has 7 nitrogen and oxygen atoms in total. The first-order chi connectivity index (χ1) is 17.9. The fraction of sp³-hybridized carbons (Fsp3) is 0.286. The van der Waals surface area contributed by atoms with Crippen molar-refractivity contribution >= 4 is 17.5 Å². The number of nitrogens with one attached hydrogen (secondary N) is 1. The molecule has 37 heavy (non-hydrogen) atoms. The first-order valence-corrected chi connectivity index (χ1v) is 12.1. The molecule has 3 aromatic rings. The van der Waals surface area contributed by atoms with E-state index >= 15 is 0 Å². The van der Waals surface area contributed by atoms with Crippen LogP contribution in [-0.2, 0) is 22.8 Å². The molecule has 0 radical (unpaired) electrons. The third kappa shape index (κ3) is 7.50. The predicted octanol–water partition coefficient (Wildman–Crippen LogP) is 3.77. The van der Waals surface area contributed by atoms with Gasteiger partial charge in [-0.05, 0) is 53.9 Å². The van der Waals surface area contributed by atoms with E-state index in [0.717, 1.165) is 12.5 Å². The van der Waals surface area contributed by atoms with Gasteiger partial charge in [-0.15, -0.1) is 0 Å². The SMILES string of the molecule is NC1CCN(C(=O)CN(CC(=O)NCc2cc(F)cc(CF)c2)c2cccc(Oc3ccccc3)c2)C1. The number of amides is 2. The summed E-state index contributed by atoms with van der Waals surface area (Å²) in [6.45, 7) is 0.145. The first-order valence-electron chi connectivity index (χ1n) is 12.1. The smallest absolute Gasteiger partial charge is 0.242 e. The largest absolute Gasteiger partial charge is 0.457 e. The lowest BCUT2D eigenvalue weighted by Gasteiger charge is -2.27. The van der Waals surface area contributed by atoms with Gasteiger partial charge in [-0.1, -0.05) is 30.3 Å². The van der Waals surface area contributed by atoms with Crippen LogP contribution in [0.15, 0.2) is 72.8 Å². The van der Waals surface area contributed by atoms with Crippen LogP contribution in [0, 0.1) is 5.82 Å². The van der Waals surface area contributed by atoms with Gasteiger partial charge in [0, 0.05) is 37.4 Å². The minimum atomic E-state index is -0.795. The molecule has 1 unspecified atom stereocenters. The number of hydrogen-bond donors (Lipinski definition) is 2. The Bertz CT molecular complexity index is 1230. The second-order valence-corrected chi connectivity index (χ2v) is 9.04. The molecular weight excluding hydrogens is 478 g/mol. The fourth-order valence-corrected chi connectivity index (χ4v) is 4.21. The number of alkyl halides is 1. The second kappa shape index (κ2) is 12.3. The Labute approximate surface area is 214 Å². The molecule has 3 aromatic carbocycles. The average molecular weight is 509 g/mol. The van der Waals surface area contributed by atoms with Gasteiger partial charge in [0.1, 0.15) is 24.0 Å².